The Labute approximate surface area is 144 Å². The predicted molar refractivity (Wildman–Crippen MR) is 93.5 cm³/mol. The van der Waals surface area contributed by atoms with Gasteiger partial charge < -0.3 is 5.32 Å². The number of H-pyrrole nitrogens is 1. The Hall–Kier alpha value is -1.77. The molecular formula is C14H11BrN4OS2. The molecule has 112 valence electrons. The number of benzene rings is 1. The molecule has 0 radical (unpaired) electrons. The first kappa shape index (κ1) is 15.1. The molecule has 3 aromatic rings. The Morgan fingerprint density at radius 1 is 1.36 bits per heavy atom. The number of thiophene rings is 1. The Balaban J connectivity index is 1.78. The first-order valence-corrected chi connectivity index (χ1v) is 8.46. The van der Waals surface area contributed by atoms with E-state index in [1.54, 1.807) is 15.9 Å². The van der Waals surface area contributed by atoms with Gasteiger partial charge in [0.25, 0.3) is 0 Å². The van der Waals surface area contributed by atoms with E-state index in [2.05, 4.69) is 31.4 Å². The number of aromatic amines is 1. The van der Waals surface area contributed by atoms with Crippen LogP contribution in [0.15, 0.2) is 46.3 Å². The quantitative estimate of drug-likeness (QED) is 0.655. The first-order valence-electron chi connectivity index (χ1n) is 6.38. The second-order valence-electron chi connectivity index (χ2n) is 4.47. The summed E-state index contributed by atoms with van der Waals surface area (Å²) < 4.78 is 3.08. The third-order valence-electron chi connectivity index (χ3n) is 2.93. The number of halogens is 1. The third-order valence-corrected chi connectivity index (χ3v) is 4.64. The van der Waals surface area contributed by atoms with Gasteiger partial charge in [-0.3, -0.25) is 14.5 Å². The molecule has 0 aliphatic rings. The number of hydrogen-bond donors (Lipinski definition) is 2. The van der Waals surface area contributed by atoms with Crippen LogP contribution in [-0.2, 0) is 11.3 Å². The molecular weight excluding hydrogens is 384 g/mol. The summed E-state index contributed by atoms with van der Waals surface area (Å²) in [6, 6.07) is 11.3. The highest BCUT2D eigenvalue weighted by molar-refractivity contribution is 9.10. The van der Waals surface area contributed by atoms with Crippen LogP contribution in [0.4, 0.5) is 5.69 Å². The highest BCUT2D eigenvalue weighted by atomic mass is 79.9. The van der Waals surface area contributed by atoms with E-state index in [1.165, 1.54) is 0 Å². The zero-order valence-corrected chi connectivity index (χ0v) is 14.5. The minimum absolute atomic E-state index is 0.110. The number of carbonyl (C=O) groups is 1. The Morgan fingerprint density at radius 2 is 2.14 bits per heavy atom. The van der Waals surface area contributed by atoms with Gasteiger partial charge >= 0.3 is 0 Å². The molecule has 0 saturated heterocycles. The maximum atomic E-state index is 12.2. The van der Waals surface area contributed by atoms with Gasteiger partial charge in [0.15, 0.2) is 10.6 Å². The first-order chi connectivity index (χ1) is 10.6. The summed E-state index contributed by atoms with van der Waals surface area (Å²) in [6.45, 7) is 0.110. The maximum Gasteiger partial charge on any atom is 0.244 e. The van der Waals surface area contributed by atoms with E-state index in [0.29, 0.717) is 10.6 Å². The van der Waals surface area contributed by atoms with E-state index in [0.717, 1.165) is 15.0 Å². The molecule has 2 N–H and O–H groups in total. The van der Waals surface area contributed by atoms with E-state index in [-0.39, 0.29) is 12.5 Å². The summed E-state index contributed by atoms with van der Waals surface area (Å²) in [6.07, 6.45) is 0. The Morgan fingerprint density at radius 3 is 2.82 bits per heavy atom. The van der Waals surface area contributed by atoms with E-state index in [9.17, 15) is 4.79 Å². The Bertz CT molecular complexity index is 837. The van der Waals surface area contributed by atoms with Gasteiger partial charge in [0.05, 0.1) is 4.88 Å². The standard InChI is InChI=1S/C14H11BrN4OS2/c15-9-3-5-10(6-4-9)16-12(20)8-19-13(17-18-14(19)21)11-2-1-7-22-11/h1-7H,8H2,(H,16,20)(H,18,21). The van der Waals surface area contributed by atoms with Gasteiger partial charge in [0.2, 0.25) is 5.91 Å². The highest BCUT2D eigenvalue weighted by Crippen LogP contribution is 2.22. The molecule has 22 heavy (non-hydrogen) atoms. The SMILES string of the molecule is O=C(Cn1c(-c2cccs2)n[nH]c1=S)Nc1ccc(Br)cc1. The van der Waals surface area contributed by atoms with Gasteiger partial charge in [-0.1, -0.05) is 22.0 Å². The highest BCUT2D eigenvalue weighted by Gasteiger charge is 2.13. The number of aromatic nitrogens is 3. The molecule has 2 aromatic heterocycles. The van der Waals surface area contributed by atoms with E-state index in [1.807, 2.05) is 41.8 Å². The molecule has 0 fully saturated rings. The van der Waals surface area contributed by atoms with E-state index < -0.39 is 0 Å². The summed E-state index contributed by atoms with van der Waals surface area (Å²) in [5, 5.41) is 11.7. The van der Waals surface area contributed by atoms with Crippen LogP contribution in [0.5, 0.6) is 0 Å². The van der Waals surface area contributed by atoms with Crippen LogP contribution in [-0.4, -0.2) is 20.7 Å². The number of hydrogen-bond acceptors (Lipinski definition) is 4. The molecule has 0 unspecified atom stereocenters. The maximum absolute atomic E-state index is 12.2. The fourth-order valence-corrected chi connectivity index (χ4v) is 3.12. The normalized spacial score (nSPS) is 10.6. The van der Waals surface area contributed by atoms with Crippen molar-refractivity contribution in [2.24, 2.45) is 0 Å². The lowest BCUT2D eigenvalue weighted by molar-refractivity contribution is -0.116. The molecule has 0 aliphatic carbocycles. The van der Waals surface area contributed by atoms with Crippen molar-refractivity contribution in [1.29, 1.82) is 0 Å². The van der Waals surface area contributed by atoms with E-state index in [4.69, 9.17) is 12.2 Å². The summed E-state index contributed by atoms with van der Waals surface area (Å²) in [5.41, 5.74) is 0.737. The molecule has 0 aliphatic heterocycles. The summed E-state index contributed by atoms with van der Waals surface area (Å²) in [4.78, 5) is 13.2. The minimum Gasteiger partial charge on any atom is -0.325 e. The average Bonchev–Trinajstić information content (AvgIpc) is 3.12. The van der Waals surface area contributed by atoms with Gasteiger partial charge in [-0.15, -0.1) is 11.3 Å². The summed E-state index contributed by atoms with van der Waals surface area (Å²) in [5.74, 6) is 0.517. The zero-order valence-electron chi connectivity index (χ0n) is 11.2. The zero-order chi connectivity index (χ0) is 15.5. The van der Waals surface area contributed by atoms with Gasteiger partial charge in [0, 0.05) is 10.2 Å². The van der Waals surface area contributed by atoms with Crippen molar-refractivity contribution >= 4 is 51.1 Å². The summed E-state index contributed by atoms with van der Waals surface area (Å²) in [7, 11) is 0. The van der Waals surface area contributed by atoms with E-state index >= 15 is 0 Å². The molecule has 1 amide bonds. The second kappa shape index (κ2) is 6.55. The molecule has 8 heteroatoms. The lowest BCUT2D eigenvalue weighted by Crippen LogP contribution is -2.19. The Kier molecular flexibility index (Phi) is 4.51. The number of amides is 1. The number of nitrogens with one attached hydrogen (secondary N) is 2. The van der Waals surface area contributed by atoms with Crippen LogP contribution in [0.2, 0.25) is 0 Å². The fraction of sp³-hybridized carbons (Fsp3) is 0.0714. The molecule has 5 nitrogen and oxygen atoms in total. The van der Waals surface area contributed by atoms with Gasteiger partial charge in [0.1, 0.15) is 6.54 Å². The minimum atomic E-state index is -0.155. The van der Waals surface area contributed by atoms with Crippen LogP contribution >= 0.6 is 39.5 Å². The molecule has 3 rings (SSSR count). The summed E-state index contributed by atoms with van der Waals surface area (Å²) >= 11 is 10.1. The largest absolute Gasteiger partial charge is 0.325 e. The fourth-order valence-electron chi connectivity index (χ4n) is 1.94. The number of carbonyl (C=O) groups excluding carboxylic acids is 1. The predicted octanol–water partition coefficient (Wildman–Crippen LogP) is 4.07. The molecule has 2 heterocycles. The van der Waals surface area contributed by atoms with Crippen LogP contribution < -0.4 is 5.32 Å². The van der Waals surface area contributed by atoms with Crippen molar-refractivity contribution in [3.05, 3.63) is 51.0 Å². The molecule has 0 saturated carbocycles. The molecule has 0 spiro atoms. The van der Waals surface area contributed by atoms with Crippen molar-refractivity contribution in [3.8, 4) is 10.7 Å². The van der Waals surface area contributed by atoms with Crippen LogP contribution in [0.25, 0.3) is 10.7 Å². The lowest BCUT2D eigenvalue weighted by Gasteiger charge is -2.07. The molecule has 0 bridgehead atoms. The number of nitrogens with zero attached hydrogens (tertiary/aromatic N) is 2. The monoisotopic (exact) mass is 394 g/mol. The van der Waals surface area contributed by atoms with Crippen molar-refractivity contribution in [2.75, 3.05) is 5.32 Å². The molecule has 0 atom stereocenters. The second-order valence-corrected chi connectivity index (χ2v) is 6.72. The van der Waals surface area contributed by atoms with Gasteiger partial charge in [-0.05, 0) is 47.9 Å². The van der Waals surface area contributed by atoms with Crippen LogP contribution in [0, 0.1) is 4.77 Å². The third kappa shape index (κ3) is 3.34. The van der Waals surface area contributed by atoms with Crippen LogP contribution in [0.3, 0.4) is 0 Å². The molecule has 1 aromatic carbocycles. The number of anilines is 1. The lowest BCUT2D eigenvalue weighted by atomic mass is 10.3. The van der Waals surface area contributed by atoms with Crippen molar-refractivity contribution in [3.63, 3.8) is 0 Å². The topological polar surface area (TPSA) is 62.7 Å². The van der Waals surface area contributed by atoms with Crippen molar-refractivity contribution in [2.45, 2.75) is 6.54 Å². The van der Waals surface area contributed by atoms with Crippen LogP contribution in [0.1, 0.15) is 0 Å². The van der Waals surface area contributed by atoms with Crippen molar-refractivity contribution < 1.29 is 4.79 Å². The van der Waals surface area contributed by atoms with Crippen molar-refractivity contribution in [1.82, 2.24) is 14.8 Å². The van der Waals surface area contributed by atoms with Gasteiger partial charge in [-0.25, -0.2) is 0 Å². The van der Waals surface area contributed by atoms with Gasteiger partial charge in [-0.2, -0.15) is 5.10 Å². The number of rotatable bonds is 4. The smallest absolute Gasteiger partial charge is 0.244 e. The average molecular weight is 395 g/mol.